The van der Waals surface area contributed by atoms with E-state index in [1.54, 1.807) is 127 Å². The van der Waals surface area contributed by atoms with Gasteiger partial charge in [0.05, 0.1) is 86.0 Å². The van der Waals surface area contributed by atoms with Crippen molar-refractivity contribution in [1.82, 2.24) is 129 Å². The number of carboxylic acids is 1. The lowest BCUT2D eigenvalue weighted by Gasteiger charge is -2.21. The Balaban J connectivity index is 0.000000128. The number of amides is 1. The first-order valence-electron chi connectivity index (χ1n) is 42.6. The first-order valence-corrected chi connectivity index (χ1v) is 44.6. The van der Waals surface area contributed by atoms with Crippen LogP contribution in [0.15, 0.2) is 199 Å². The third kappa shape index (κ3) is 18.0. The molecule has 6 aliphatic rings. The number of ketones is 1. The minimum absolute atomic E-state index is 0.00738. The van der Waals surface area contributed by atoms with Crippen molar-refractivity contribution in [2.24, 2.45) is 33.7 Å². The summed E-state index contributed by atoms with van der Waals surface area (Å²) in [5, 5.41) is 59.1. The average molecular weight is 1940 g/mol. The van der Waals surface area contributed by atoms with Crippen LogP contribution in [0.1, 0.15) is 171 Å². The molecule has 0 spiro atoms. The molecule has 0 radical (unpaired) electrons. The zero-order valence-corrected chi connectivity index (χ0v) is 77.8. The number of nitrogens with two attached hydrogens (primary N) is 1. The Labute approximate surface area is 794 Å². The van der Waals surface area contributed by atoms with Gasteiger partial charge in [-0.25, -0.2) is 39.5 Å². The zero-order chi connectivity index (χ0) is 96.5. The molecule has 0 unspecified atom stereocenters. The van der Waals surface area contributed by atoms with Gasteiger partial charge < -0.3 is 15.6 Å². The number of ether oxygens (including phenoxy) is 1. The van der Waals surface area contributed by atoms with Crippen LogP contribution in [-0.2, 0) is 14.3 Å². The summed E-state index contributed by atoms with van der Waals surface area (Å²) in [5.74, 6) is -1.00. The van der Waals surface area contributed by atoms with E-state index in [1.165, 1.54) is 89.6 Å². The lowest BCUT2D eigenvalue weighted by Crippen LogP contribution is -2.31. The molecule has 46 heteroatoms. The largest absolute Gasteiger partial charge is 0.480 e. The molecule has 136 heavy (non-hydrogen) atoms. The predicted octanol–water partition coefficient (Wildman–Crippen LogP) is 13.8. The fourth-order valence-electron chi connectivity index (χ4n) is 17.9. The Morgan fingerprint density at radius 2 is 0.772 bits per heavy atom. The van der Waals surface area contributed by atoms with Crippen molar-refractivity contribution in [3.8, 4) is 67.8 Å². The molecule has 4 N–H and O–H groups in total. The van der Waals surface area contributed by atoms with Gasteiger partial charge in [-0.2, -0.15) is 27.5 Å². The molecule has 20 rings (SSSR count). The second-order valence-corrected chi connectivity index (χ2v) is 36.5. The van der Waals surface area contributed by atoms with Crippen molar-refractivity contribution in [3.63, 3.8) is 0 Å². The minimum atomic E-state index is -1.04. The molecule has 1 amide bonds. The number of tetrazole rings is 4. The third-order valence-corrected chi connectivity index (χ3v) is 26.3. The predicted molar refractivity (Wildman–Crippen MR) is 498 cm³/mol. The summed E-state index contributed by atoms with van der Waals surface area (Å²) in [4.78, 5) is 125. The monoisotopic (exact) mass is 1940 g/mol. The summed E-state index contributed by atoms with van der Waals surface area (Å²) in [5.41, 5.74) is 13.8. The number of carboxylic acid groups (broad SMARTS) is 1. The molecule has 0 fully saturated rings. The number of aromatic nitrogens is 26. The van der Waals surface area contributed by atoms with Crippen molar-refractivity contribution in [2.45, 2.75) is 142 Å². The van der Waals surface area contributed by atoms with Crippen LogP contribution in [0.3, 0.4) is 0 Å². The lowest BCUT2D eigenvalue weighted by atomic mass is 9.87. The maximum atomic E-state index is 15.1. The summed E-state index contributed by atoms with van der Waals surface area (Å²) in [6.45, 7) is 21.0. The number of benzene rings is 4. The number of nitrogens with one attached hydrogen (secondary N) is 1. The second kappa shape index (κ2) is 37.6. The second-order valence-electron chi connectivity index (χ2n) is 34.5. The maximum absolute atomic E-state index is 15.1. The number of hydrogen-bond donors (Lipinski definition) is 3. The van der Waals surface area contributed by atoms with Crippen LogP contribution in [0.5, 0.6) is 0 Å². The van der Waals surface area contributed by atoms with E-state index in [0.29, 0.717) is 141 Å². The van der Waals surface area contributed by atoms with Crippen molar-refractivity contribution >= 4 is 98.9 Å². The number of aliphatic carboxylic acids is 1. The number of halogens is 7. The SMILES string of the molecule is C[C@@H]1[C@@H](C(=O)CCl)n2c(nc(-c3cc(Cl)ccc3-n3cnnn3)cc2=O)[C@@H]1C.C[C@@H]1[C@@H](C(=O)O)n2c(nc(-c3cc(Cl)ccc3-n3cnnn3)cc2=O)[C@@H]1C.C[C@@H]1[C@@H](C2=CN=C(c3ccc(N)nc3F)C2)n2c(nc(-c3cc(Cl)ccc3-n3cnnn3)cc2=O)[C@@H]1C.C[C@@H]1[C@@H](C2=CN=C(c3ccc(NC(=O)OC(C)(C)C)nc3F)C2)n2c(nc(-c3cc(Cl)ccc3-n3cnnn3)cc2=O)[C@@H]1C. The topological polar surface area (TPSA) is 483 Å². The molecular formula is C90H81Cl5F2N30O9. The highest BCUT2D eigenvalue weighted by Gasteiger charge is 2.46. The van der Waals surface area contributed by atoms with Crippen molar-refractivity contribution < 1.29 is 33.0 Å². The van der Waals surface area contributed by atoms with E-state index in [1.807, 2.05) is 41.5 Å². The van der Waals surface area contributed by atoms with Crippen LogP contribution < -0.4 is 33.3 Å². The van der Waals surface area contributed by atoms with Crippen molar-refractivity contribution in [1.29, 1.82) is 0 Å². The maximum Gasteiger partial charge on any atom is 0.413 e. The molecule has 12 atom stereocenters. The van der Waals surface area contributed by atoms with Gasteiger partial charge in [-0.05, 0) is 194 Å². The van der Waals surface area contributed by atoms with Gasteiger partial charge in [0.1, 0.15) is 77.9 Å². The number of hydrogen-bond acceptors (Lipinski definition) is 29. The van der Waals surface area contributed by atoms with E-state index in [-0.39, 0.29) is 105 Å². The summed E-state index contributed by atoms with van der Waals surface area (Å²) in [6, 6.07) is 30.5. The Bertz CT molecular complexity index is 7490. The number of Topliss-reactive ketones (excluding diaryl/α,β-unsaturated/α-hetero) is 1. The third-order valence-electron chi connectivity index (χ3n) is 25.1. The van der Waals surface area contributed by atoms with E-state index in [4.69, 9.17) is 83.4 Å². The normalized spacial score (nSPS) is 20.4. The van der Waals surface area contributed by atoms with Crippen LogP contribution in [0.25, 0.3) is 67.8 Å². The number of alkyl halides is 1. The van der Waals surface area contributed by atoms with E-state index in [0.717, 1.165) is 11.1 Å². The van der Waals surface area contributed by atoms with Crippen LogP contribution >= 0.6 is 58.0 Å². The first-order chi connectivity index (χ1) is 65.0. The molecule has 14 aromatic rings. The summed E-state index contributed by atoms with van der Waals surface area (Å²) >= 11 is 30.7. The lowest BCUT2D eigenvalue weighted by molar-refractivity contribution is -0.142. The molecule has 0 saturated heterocycles. The highest BCUT2D eigenvalue weighted by Crippen LogP contribution is 2.49. The number of aliphatic imine (C=N–C) groups is 2. The van der Waals surface area contributed by atoms with Crippen LogP contribution in [-0.4, -0.2) is 175 Å². The van der Waals surface area contributed by atoms with Gasteiger partial charge in [-0.1, -0.05) is 102 Å². The first kappa shape index (κ1) is 93.1. The molecule has 0 aliphatic carbocycles. The molecule has 6 aliphatic heterocycles. The number of anilines is 2. The van der Waals surface area contributed by atoms with Gasteiger partial charge in [0.2, 0.25) is 11.9 Å². The van der Waals surface area contributed by atoms with Crippen LogP contribution in [0, 0.1) is 35.6 Å². The fourth-order valence-corrected chi connectivity index (χ4v) is 18.8. The highest BCUT2D eigenvalue weighted by atomic mass is 35.5. The number of nitrogen functional groups attached to an aromatic ring is 1. The average Bonchev–Trinajstić information content (AvgIpc) is 1.60. The van der Waals surface area contributed by atoms with E-state index < -0.39 is 47.2 Å². The number of nitrogens with zero attached hydrogens (tertiary/aromatic N) is 28. The van der Waals surface area contributed by atoms with Crippen LogP contribution in [0.4, 0.5) is 25.2 Å². The number of rotatable bonds is 16. The Kier molecular flexibility index (Phi) is 25.8. The summed E-state index contributed by atoms with van der Waals surface area (Å²) in [6.07, 6.45) is 9.22. The Morgan fingerprint density at radius 1 is 0.441 bits per heavy atom. The molecule has 694 valence electrons. The van der Waals surface area contributed by atoms with E-state index in [2.05, 4.69) is 106 Å². The number of allylic oxidation sites excluding steroid dienone is 2. The molecule has 39 nitrogen and oxygen atoms in total. The van der Waals surface area contributed by atoms with Gasteiger partial charge in [-0.15, -0.1) is 32.0 Å². The fraction of sp³-hybridized carbons (Fsp3) is 0.300. The summed E-state index contributed by atoms with van der Waals surface area (Å²) < 4.78 is 46.8. The quantitative estimate of drug-likeness (QED) is 0.0597. The number of fused-ring (bicyclic) bond motifs is 4. The van der Waals surface area contributed by atoms with Gasteiger partial charge in [0.15, 0.2) is 5.78 Å². The standard InChI is InChI=1S/C30H29ClFN9O3.C25H21ClFN9O.C18H16Cl2N6O2.C17H15ClN6O3/c1-15-16(2)28-35-22(20-11-18(31)6-8-23(20)40-14-34-38-39-40)12-25(42)41(28)26(15)17-10-21(33-13-17)19-7-9-24(36-27(19)32)37-29(43)44-30(3,4)5;1-12-13(2)25-31-19(17-8-15(26)3-5-20(17)35-11-30-33-34-35)9-22(37)36(25)23(12)14-7-18(29-10-14)16-4-6-21(28)32-24(16)27;1-9-10(2)18-22-13(6-16(28)26(18)17(9)15(27)7-19)12-5-11(20)3-4-14(12)25-8-21-23-24-25;1-8-9(2)16-20-12(6-14(25)24(16)15(8)17(26)27)11-5-10(18)3-4-13(11)23-7-19-21-22-23/h6-9,11-16,26H,10H2,1-5H3,(H,36,37,43);3-6,8-13,23H,7H2,1-2H3,(H2,28,32);3-6,8-10,17H,7H2,1-2H3;3-9,15H,1-2H3,(H,26,27)/t15-,16+,26-;12-,13+,23-;9-,10+,17-;8-,9+,15-/m0000/s1. The minimum Gasteiger partial charge on any atom is -0.480 e. The molecule has 10 aromatic heterocycles. The smallest absolute Gasteiger partial charge is 0.413 e. The van der Waals surface area contributed by atoms with Gasteiger partial charge in [-0.3, -0.25) is 57.5 Å². The Hall–Kier alpha value is -14.7. The van der Waals surface area contributed by atoms with E-state index >= 15 is 4.39 Å². The molecule has 16 heterocycles. The highest BCUT2D eigenvalue weighted by molar-refractivity contribution is 6.32. The number of carbonyl (C=O) groups excluding carboxylic acids is 2. The number of pyridine rings is 2. The van der Waals surface area contributed by atoms with Gasteiger partial charge in [0.25, 0.3) is 22.2 Å². The summed E-state index contributed by atoms with van der Waals surface area (Å²) in [7, 11) is 0. The van der Waals surface area contributed by atoms with Gasteiger partial charge >= 0.3 is 12.1 Å². The Morgan fingerprint density at radius 3 is 1.10 bits per heavy atom. The van der Waals surface area contributed by atoms with E-state index in [9.17, 15) is 43.1 Å². The molecule has 0 bridgehead atoms. The number of carbonyl (C=O) groups is 3. The molecule has 4 aromatic carbocycles. The molecule has 0 saturated carbocycles. The van der Waals surface area contributed by atoms with Crippen molar-refractivity contribution in [2.75, 3.05) is 16.9 Å². The van der Waals surface area contributed by atoms with Crippen molar-refractivity contribution in [3.05, 3.63) is 278 Å². The zero-order valence-electron chi connectivity index (χ0n) is 74.0. The molecular weight excluding hydrogens is 1860 g/mol. The van der Waals surface area contributed by atoms with Gasteiger partial charge in [0, 0.05) is 116 Å². The van der Waals surface area contributed by atoms with Crippen LogP contribution in [0.2, 0.25) is 20.1 Å².